The molecule has 0 radical (unpaired) electrons. The number of carbonyl (C=O) groups is 1. The molecule has 1 heterocycles. The molecule has 0 fully saturated rings. The number of benzene rings is 3. The second kappa shape index (κ2) is 8.86. The maximum absolute atomic E-state index is 12.7. The van der Waals surface area contributed by atoms with E-state index >= 15 is 0 Å². The van der Waals surface area contributed by atoms with E-state index in [1.54, 1.807) is 0 Å². The third kappa shape index (κ3) is 4.32. The van der Waals surface area contributed by atoms with Crippen LogP contribution >= 0.6 is 23.4 Å². The van der Waals surface area contributed by atoms with E-state index in [-0.39, 0.29) is 11.5 Å². The molecule has 0 amide bonds. The first-order valence-electron chi connectivity index (χ1n) is 9.53. The minimum absolute atomic E-state index is 0.0535. The number of hydrogen-bond acceptors (Lipinski definition) is 4. The minimum Gasteiger partial charge on any atom is -0.293 e. The maximum Gasteiger partial charge on any atom is 0.196 e. The summed E-state index contributed by atoms with van der Waals surface area (Å²) < 4.78 is 1.95. The zero-order valence-corrected chi connectivity index (χ0v) is 18.2. The fraction of sp³-hybridized carbons (Fsp3) is 0.125. The van der Waals surface area contributed by atoms with Gasteiger partial charge in [0.2, 0.25) is 0 Å². The van der Waals surface area contributed by atoms with E-state index in [0.717, 1.165) is 22.4 Å². The molecule has 3 aromatic carbocycles. The fourth-order valence-corrected chi connectivity index (χ4v) is 4.13. The summed E-state index contributed by atoms with van der Waals surface area (Å²) in [5.41, 5.74) is 4.70. The molecule has 0 bridgehead atoms. The third-order valence-corrected chi connectivity index (χ3v) is 6.00. The van der Waals surface area contributed by atoms with E-state index < -0.39 is 0 Å². The van der Waals surface area contributed by atoms with Crippen molar-refractivity contribution in [1.29, 1.82) is 0 Å². The normalized spacial score (nSPS) is 10.9. The molecule has 4 aromatic rings. The quantitative estimate of drug-likeness (QED) is 0.269. The number of thioether (sulfide) groups is 1. The lowest BCUT2D eigenvalue weighted by Gasteiger charge is -2.11. The SMILES string of the molecule is Cc1ccc(C(=O)CSc2nnc(-c3ccccc3Cl)n2-c2ccc(C)cc2)cc1. The molecule has 6 heteroatoms. The topological polar surface area (TPSA) is 47.8 Å². The summed E-state index contributed by atoms with van der Waals surface area (Å²) in [4.78, 5) is 12.7. The van der Waals surface area contributed by atoms with Crippen molar-refractivity contribution in [1.82, 2.24) is 14.8 Å². The smallest absolute Gasteiger partial charge is 0.196 e. The molecule has 0 N–H and O–H groups in total. The first-order valence-corrected chi connectivity index (χ1v) is 10.9. The molecule has 0 saturated carbocycles. The van der Waals surface area contributed by atoms with Crippen molar-refractivity contribution in [3.05, 3.63) is 94.5 Å². The second-order valence-electron chi connectivity index (χ2n) is 7.03. The van der Waals surface area contributed by atoms with E-state index in [1.807, 2.05) is 91.2 Å². The average Bonchev–Trinajstić information content (AvgIpc) is 3.17. The summed E-state index contributed by atoms with van der Waals surface area (Å²) in [5, 5.41) is 10.0. The van der Waals surface area contributed by atoms with E-state index in [0.29, 0.717) is 21.6 Å². The molecule has 4 rings (SSSR count). The Bertz CT molecular complexity index is 1180. The Kier molecular flexibility index (Phi) is 6.02. The molecule has 30 heavy (non-hydrogen) atoms. The molecular weight excluding hydrogens is 414 g/mol. The predicted molar refractivity (Wildman–Crippen MR) is 123 cm³/mol. The van der Waals surface area contributed by atoms with Crippen LogP contribution < -0.4 is 0 Å². The van der Waals surface area contributed by atoms with Gasteiger partial charge in [-0.05, 0) is 38.1 Å². The Labute approximate surface area is 184 Å². The first kappa shape index (κ1) is 20.4. The highest BCUT2D eigenvalue weighted by atomic mass is 35.5. The van der Waals surface area contributed by atoms with Gasteiger partial charge in [0.25, 0.3) is 0 Å². The Morgan fingerprint density at radius 2 is 1.53 bits per heavy atom. The molecule has 0 aliphatic carbocycles. The average molecular weight is 434 g/mol. The number of aryl methyl sites for hydroxylation is 2. The van der Waals surface area contributed by atoms with Gasteiger partial charge in [-0.2, -0.15) is 0 Å². The largest absolute Gasteiger partial charge is 0.293 e. The van der Waals surface area contributed by atoms with Gasteiger partial charge in [-0.3, -0.25) is 9.36 Å². The van der Waals surface area contributed by atoms with Gasteiger partial charge in [-0.15, -0.1) is 10.2 Å². The lowest BCUT2D eigenvalue weighted by Crippen LogP contribution is -2.05. The van der Waals surface area contributed by atoms with Crippen molar-refractivity contribution in [2.24, 2.45) is 0 Å². The first-order chi connectivity index (χ1) is 14.5. The van der Waals surface area contributed by atoms with Crippen molar-refractivity contribution in [3.63, 3.8) is 0 Å². The minimum atomic E-state index is 0.0535. The lowest BCUT2D eigenvalue weighted by molar-refractivity contribution is 0.102. The number of nitrogens with zero attached hydrogens (tertiary/aromatic N) is 3. The zero-order valence-electron chi connectivity index (χ0n) is 16.7. The van der Waals surface area contributed by atoms with Crippen LogP contribution in [-0.2, 0) is 0 Å². The molecule has 0 unspecified atom stereocenters. The molecular formula is C24H20ClN3OS. The van der Waals surface area contributed by atoms with Gasteiger partial charge < -0.3 is 0 Å². The monoisotopic (exact) mass is 433 g/mol. The number of ketones is 1. The number of carbonyl (C=O) groups excluding carboxylic acids is 1. The Morgan fingerprint density at radius 3 is 2.20 bits per heavy atom. The molecule has 150 valence electrons. The van der Waals surface area contributed by atoms with Crippen molar-refractivity contribution >= 4 is 29.1 Å². The molecule has 0 aliphatic rings. The van der Waals surface area contributed by atoms with Gasteiger partial charge in [0.15, 0.2) is 16.8 Å². The number of Topliss-reactive ketones (excluding diaryl/α,β-unsaturated/α-hetero) is 1. The maximum atomic E-state index is 12.7. The summed E-state index contributed by atoms with van der Waals surface area (Å²) in [7, 11) is 0. The Morgan fingerprint density at radius 1 is 0.900 bits per heavy atom. The summed E-state index contributed by atoms with van der Waals surface area (Å²) >= 11 is 7.80. The standard InChI is InChI=1S/C24H20ClN3OS/c1-16-7-11-18(12-8-16)22(29)15-30-24-27-26-23(20-5-3-4-6-21(20)25)28(24)19-13-9-17(2)10-14-19/h3-14H,15H2,1-2H3. The van der Waals surface area contributed by atoms with Gasteiger partial charge in [-0.25, -0.2) is 0 Å². The van der Waals surface area contributed by atoms with Crippen LogP contribution in [0.2, 0.25) is 5.02 Å². The number of hydrogen-bond donors (Lipinski definition) is 0. The number of rotatable bonds is 6. The van der Waals surface area contributed by atoms with Crippen LogP contribution in [0.25, 0.3) is 17.1 Å². The highest BCUT2D eigenvalue weighted by molar-refractivity contribution is 7.99. The van der Waals surface area contributed by atoms with Crippen molar-refractivity contribution < 1.29 is 4.79 Å². The fourth-order valence-electron chi connectivity index (χ4n) is 3.06. The number of aromatic nitrogens is 3. The van der Waals surface area contributed by atoms with E-state index in [2.05, 4.69) is 10.2 Å². The van der Waals surface area contributed by atoms with Crippen LogP contribution in [0.3, 0.4) is 0 Å². The molecule has 0 atom stereocenters. The lowest BCUT2D eigenvalue weighted by atomic mass is 10.1. The van der Waals surface area contributed by atoms with Crippen LogP contribution in [0.1, 0.15) is 21.5 Å². The van der Waals surface area contributed by atoms with Crippen LogP contribution in [0, 0.1) is 13.8 Å². The molecule has 0 saturated heterocycles. The molecule has 1 aromatic heterocycles. The molecule has 0 spiro atoms. The molecule has 0 aliphatic heterocycles. The summed E-state index contributed by atoms with van der Waals surface area (Å²) in [6.45, 7) is 4.05. The van der Waals surface area contributed by atoms with Gasteiger partial charge in [0.1, 0.15) is 0 Å². The Balaban J connectivity index is 1.69. The van der Waals surface area contributed by atoms with Gasteiger partial charge >= 0.3 is 0 Å². The van der Waals surface area contributed by atoms with Gasteiger partial charge in [0, 0.05) is 16.8 Å². The highest BCUT2D eigenvalue weighted by Gasteiger charge is 2.19. The second-order valence-corrected chi connectivity index (χ2v) is 8.38. The van der Waals surface area contributed by atoms with Crippen molar-refractivity contribution in [2.45, 2.75) is 19.0 Å². The van der Waals surface area contributed by atoms with Crippen molar-refractivity contribution in [2.75, 3.05) is 5.75 Å². The summed E-state index contributed by atoms with van der Waals surface area (Å²) in [6, 6.07) is 23.3. The highest BCUT2D eigenvalue weighted by Crippen LogP contribution is 2.32. The van der Waals surface area contributed by atoms with E-state index in [9.17, 15) is 4.79 Å². The molecule has 4 nitrogen and oxygen atoms in total. The third-order valence-electron chi connectivity index (χ3n) is 4.75. The van der Waals surface area contributed by atoms with Crippen LogP contribution in [-0.4, -0.2) is 26.3 Å². The van der Waals surface area contributed by atoms with Crippen LogP contribution in [0.4, 0.5) is 0 Å². The number of halogens is 1. The summed E-state index contributed by atoms with van der Waals surface area (Å²) in [6.07, 6.45) is 0. The van der Waals surface area contributed by atoms with Gasteiger partial charge in [0.05, 0.1) is 10.8 Å². The van der Waals surface area contributed by atoms with E-state index in [4.69, 9.17) is 11.6 Å². The zero-order chi connectivity index (χ0) is 21.1. The van der Waals surface area contributed by atoms with Gasteiger partial charge in [-0.1, -0.05) is 83.0 Å². The predicted octanol–water partition coefficient (Wildman–Crippen LogP) is 6.18. The van der Waals surface area contributed by atoms with E-state index in [1.165, 1.54) is 11.8 Å². The van der Waals surface area contributed by atoms with Crippen LogP contribution in [0.5, 0.6) is 0 Å². The van der Waals surface area contributed by atoms with Crippen molar-refractivity contribution in [3.8, 4) is 17.1 Å². The summed E-state index contributed by atoms with van der Waals surface area (Å²) in [5.74, 6) is 0.975. The Hall–Kier alpha value is -2.89. The van der Waals surface area contributed by atoms with Crippen LogP contribution in [0.15, 0.2) is 78.0 Å².